The third kappa shape index (κ3) is 5.65. The summed E-state index contributed by atoms with van der Waals surface area (Å²) in [5.41, 5.74) is 3.81. The number of nitrogens with zero attached hydrogens (tertiary/aromatic N) is 2. The number of benzene rings is 3. The Hall–Kier alpha value is -3.38. The molecular weight excluding hydrogens is 405 g/mol. The third-order valence-corrected chi connectivity index (χ3v) is 5.75. The number of anilines is 1. The summed E-state index contributed by atoms with van der Waals surface area (Å²) in [7, 11) is 1.69. The monoisotopic (exact) mass is 433 g/mol. The van der Waals surface area contributed by atoms with Gasteiger partial charge in [0.25, 0.3) is 5.91 Å². The molecule has 1 aliphatic heterocycles. The fourth-order valence-electron chi connectivity index (χ4n) is 3.93. The first-order chi connectivity index (χ1) is 15.6. The Morgan fingerprint density at radius 3 is 2.44 bits per heavy atom. The van der Waals surface area contributed by atoms with Crippen LogP contribution >= 0.6 is 0 Å². The minimum Gasteiger partial charge on any atom is -0.497 e. The van der Waals surface area contributed by atoms with Crippen LogP contribution in [0.5, 0.6) is 5.75 Å². The second kappa shape index (κ2) is 10.3. The maximum atomic E-state index is 13.0. The Kier molecular flexibility index (Phi) is 7.02. The van der Waals surface area contributed by atoms with Gasteiger partial charge in [-0.15, -0.1) is 0 Å². The molecule has 0 aromatic heterocycles. The van der Waals surface area contributed by atoms with Crippen LogP contribution in [-0.4, -0.2) is 44.1 Å². The molecule has 3 aromatic rings. The fraction of sp³-hybridized carbons (Fsp3) is 0.269. The van der Waals surface area contributed by atoms with E-state index in [0.29, 0.717) is 12.1 Å². The first-order valence-electron chi connectivity index (χ1n) is 10.8. The highest BCUT2D eigenvalue weighted by molar-refractivity contribution is 5.94. The van der Waals surface area contributed by atoms with Crippen molar-refractivity contribution in [2.45, 2.75) is 13.1 Å². The van der Waals surface area contributed by atoms with E-state index in [-0.39, 0.29) is 11.7 Å². The van der Waals surface area contributed by atoms with Crippen LogP contribution in [0.2, 0.25) is 0 Å². The van der Waals surface area contributed by atoms with Crippen LogP contribution in [0.1, 0.15) is 21.5 Å². The maximum Gasteiger partial charge on any atom is 0.251 e. The summed E-state index contributed by atoms with van der Waals surface area (Å²) in [6.45, 7) is 4.99. The van der Waals surface area contributed by atoms with Crippen molar-refractivity contribution in [3.63, 3.8) is 0 Å². The minimum absolute atomic E-state index is 0.126. The molecule has 0 radical (unpaired) electrons. The number of hydrogen-bond donors (Lipinski definition) is 1. The molecule has 1 fully saturated rings. The van der Waals surface area contributed by atoms with E-state index < -0.39 is 0 Å². The van der Waals surface area contributed by atoms with Gasteiger partial charge in [0, 0.05) is 56.6 Å². The molecule has 4 rings (SSSR count). The van der Waals surface area contributed by atoms with E-state index in [0.717, 1.165) is 49.6 Å². The number of carbonyl (C=O) groups excluding carboxylic acids is 1. The van der Waals surface area contributed by atoms with E-state index in [1.165, 1.54) is 17.8 Å². The van der Waals surface area contributed by atoms with Gasteiger partial charge in [0.2, 0.25) is 0 Å². The number of piperazine rings is 1. The summed E-state index contributed by atoms with van der Waals surface area (Å²) in [6, 6.07) is 22.1. The van der Waals surface area contributed by atoms with Crippen molar-refractivity contribution in [2.24, 2.45) is 0 Å². The lowest BCUT2D eigenvalue weighted by Crippen LogP contribution is -2.46. The van der Waals surface area contributed by atoms with Gasteiger partial charge in [-0.25, -0.2) is 4.39 Å². The van der Waals surface area contributed by atoms with Gasteiger partial charge < -0.3 is 15.0 Å². The molecule has 1 N–H and O–H groups in total. The predicted molar refractivity (Wildman–Crippen MR) is 124 cm³/mol. The van der Waals surface area contributed by atoms with E-state index in [1.807, 2.05) is 30.3 Å². The Balaban J connectivity index is 1.30. The molecule has 32 heavy (non-hydrogen) atoms. The van der Waals surface area contributed by atoms with Crippen LogP contribution in [0.25, 0.3) is 0 Å². The number of methoxy groups -OCH3 is 1. The number of carbonyl (C=O) groups is 1. The van der Waals surface area contributed by atoms with Gasteiger partial charge in [-0.3, -0.25) is 9.69 Å². The van der Waals surface area contributed by atoms with E-state index in [4.69, 9.17) is 4.74 Å². The largest absolute Gasteiger partial charge is 0.497 e. The normalized spacial score (nSPS) is 14.2. The quantitative estimate of drug-likeness (QED) is 0.610. The minimum atomic E-state index is -0.280. The van der Waals surface area contributed by atoms with Crippen molar-refractivity contribution in [1.29, 1.82) is 0 Å². The maximum absolute atomic E-state index is 13.0. The van der Waals surface area contributed by atoms with E-state index in [2.05, 4.69) is 33.3 Å². The molecule has 6 heteroatoms. The lowest BCUT2D eigenvalue weighted by molar-refractivity contribution is 0.0950. The van der Waals surface area contributed by atoms with Crippen LogP contribution in [0.3, 0.4) is 0 Å². The molecule has 166 valence electrons. The zero-order valence-electron chi connectivity index (χ0n) is 18.3. The summed E-state index contributed by atoms with van der Waals surface area (Å²) in [4.78, 5) is 17.3. The van der Waals surface area contributed by atoms with Crippen molar-refractivity contribution in [3.8, 4) is 5.75 Å². The van der Waals surface area contributed by atoms with Gasteiger partial charge in [0.1, 0.15) is 11.6 Å². The van der Waals surface area contributed by atoms with Crippen LogP contribution < -0.4 is 15.0 Å². The number of amides is 1. The molecule has 1 aliphatic rings. The smallest absolute Gasteiger partial charge is 0.251 e. The number of nitrogens with one attached hydrogen (secondary N) is 1. The lowest BCUT2D eigenvalue weighted by atomic mass is 10.1. The van der Waals surface area contributed by atoms with Crippen molar-refractivity contribution < 1.29 is 13.9 Å². The van der Waals surface area contributed by atoms with Gasteiger partial charge in [0.15, 0.2) is 0 Å². The Morgan fingerprint density at radius 2 is 1.69 bits per heavy atom. The number of halogens is 1. The van der Waals surface area contributed by atoms with E-state index >= 15 is 0 Å². The van der Waals surface area contributed by atoms with E-state index in [9.17, 15) is 9.18 Å². The van der Waals surface area contributed by atoms with Crippen LogP contribution in [-0.2, 0) is 13.1 Å². The van der Waals surface area contributed by atoms with Crippen molar-refractivity contribution >= 4 is 11.6 Å². The topological polar surface area (TPSA) is 44.8 Å². The molecule has 0 aliphatic carbocycles. The highest BCUT2D eigenvalue weighted by atomic mass is 19.1. The highest BCUT2D eigenvalue weighted by Gasteiger charge is 2.18. The van der Waals surface area contributed by atoms with Gasteiger partial charge in [-0.05, 0) is 47.5 Å². The molecule has 1 amide bonds. The number of hydrogen-bond acceptors (Lipinski definition) is 4. The predicted octanol–water partition coefficient (Wildman–Crippen LogP) is 4.09. The average molecular weight is 434 g/mol. The second-order valence-corrected chi connectivity index (χ2v) is 7.97. The molecule has 3 aromatic carbocycles. The summed E-state index contributed by atoms with van der Waals surface area (Å²) >= 11 is 0. The van der Waals surface area contributed by atoms with Gasteiger partial charge >= 0.3 is 0 Å². The van der Waals surface area contributed by atoms with Gasteiger partial charge in [0.05, 0.1) is 7.11 Å². The molecular formula is C26H28FN3O2. The Labute approximate surface area is 188 Å². The SMILES string of the molecule is COc1cccc(N2CCN(Cc3cccc(C(=O)NCc4ccc(F)cc4)c3)CC2)c1. The molecule has 0 saturated carbocycles. The third-order valence-electron chi connectivity index (χ3n) is 5.75. The summed E-state index contributed by atoms with van der Waals surface area (Å²) in [6.07, 6.45) is 0. The fourth-order valence-corrected chi connectivity index (χ4v) is 3.93. The van der Waals surface area contributed by atoms with Crippen LogP contribution in [0.15, 0.2) is 72.8 Å². The highest BCUT2D eigenvalue weighted by Crippen LogP contribution is 2.22. The average Bonchev–Trinajstić information content (AvgIpc) is 2.84. The van der Waals surface area contributed by atoms with Crippen LogP contribution in [0.4, 0.5) is 10.1 Å². The van der Waals surface area contributed by atoms with Gasteiger partial charge in [-0.2, -0.15) is 0 Å². The molecule has 0 unspecified atom stereocenters. The van der Waals surface area contributed by atoms with Gasteiger partial charge in [-0.1, -0.05) is 30.3 Å². The number of rotatable bonds is 7. The molecule has 0 bridgehead atoms. The zero-order chi connectivity index (χ0) is 22.3. The zero-order valence-corrected chi connectivity index (χ0v) is 18.3. The second-order valence-electron chi connectivity index (χ2n) is 7.97. The summed E-state index contributed by atoms with van der Waals surface area (Å²) < 4.78 is 18.4. The lowest BCUT2D eigenvalue weighted by Gasteiger charge is -2.36. The summed E-state index contributed by atoms with van der Waals surface area (Å²) in [5, 5.41) is 2.91. The molecule has 1 saturated heterocycles. The molecule has 0 spiro atoms. The molecule has 1 heterocycles. The Bertz CT molecular complexity index is 1050. The van der Waals surface area contributed by atoms with Crippen molar-refractivity contribution in [3.05, 3.63) is 95.3 Å². The van der Waals surface area contributed by atoms with Crippen molar-refractivity contribution in [2.75, 3.05) is 38.2 Å². The standard InChI is InChI=1S/C26H28FN3O2/c1-32-25-7-3-6-24(17-25)30-14-12-29(13-15-30)19-21-4-2-5-22(16-21)26(31)28-18-20-8-10-23(27)11-9-20/h2-11,16-17H,12-15,18-19H2,1H3,(H,28,31). The summed E-state index contributed by atoms with van der Waals surface area (Å²) in [5.74, 6) is 0.468. The van der Waals surface area contributed by atoms with Crippen molar-refractivity contribution in [1.82, 2.24) is 10.2 Å². The van der Waals surface area contributed by atoms with E-state index in [1.54, 1.807) is 19.2 Å². The first-order valence-corrected chi connectivity index (χ1v) is 10.8. The molecule has 0 atom stereocenters. The molecule has 5 nitrogen and oxygen atoms in total. The number of ether oxygens (including phenoxy) is 1. The first kappa shape index (κ1) is 21.8. The Morgan fingerprint density at radius 1 is 0.938 bits per heavy atom. The van der Waals surface area contributed by atoms with Crippen LogP contribution in [0, 0.1) is 5.82 Å².